The van der Waals surface area contributed by atoms with Crippen LogP contribution in [-0.2, 0) is 12.8 Å². The molecule has 5 heteroatoms. The molecule has 1 aromatic heterocycles. The third-order valence-corrected chi connectivity index (χ3v) is 3.89. The third-order valence-electron chi connectivity index (χ3n) is 3.62. The lowest BCUT2D eigenvalue weighted by atomic mass is 9.90. The van der Waals surface area contributed by atoms with Crippen LogP contribution in [0.25, 0.3) is 0 Å². The van der Waals surface area contributed by atoms with Gasteiger partial charge in [0.15, 0.2) is 5.82 Å². The second-order valence-corrected chi connectivity index (χ2v) is 5.32. The van der Waals surface area contributed by atoms with Crippen LogP contribution in [-0.4, -0.2) is 17.0 Å². The van der Waals surface area contributed by atoms with Gasteiger partial charge in [0, 0.05) is 12.7 Å². The zero-order chi connectivity index (χ0) is 13.9. The van der Waals surface area contributed by atoms with E-state index in [4.69, 9.17) is 11.6 Å². The van der Waals surface area contributed by atoms with Gasteiger partial charge in [0.1, 0.15) is 5.02 Å². The number of fused-ring (bicyclic) bond motifs is 1. The van der Waals surface area contributed by atoms with Gasteiger partial charge in [0.2, 0.25) is 5.95 Å². The van der Waals surface area contributed by atoms with Crippen LogP contribution in [0.3, 0.4) is 0 Å². The van der Waals surface area contributed by atoms with Crippen LogP contribution in [0, 0.1) is 0 Å². The molecule has 1 aliphatic rings. The molecule has 1 aliphatic carbocycles. The fourth-order valence-electron chi connectivity index (χ4n) is 2.60. The van der Waals surface area contributed by atoms with E-state index in [2.05, 4.69) is 38.8 Å². The number of aryl methyl sites for hydroxylation is 1. The van der Waals surface area contributed by atoms with Gasteiger partial charge < -0.3 is 10.6 Å². The van der Waals surface area contributed by atoms with E-state index < -0.39 is 0 Å². The maximum atomic E-state index is 6.17. The number of nitrogens with one attached hydrogen (secondary N) is 2. The Bertz CT molecular complexity index is 627. The van der Waals surface area contributed by atoms with Gasteiger partial charge in [-0.2, -0.15) is 4.98 Å². The van der Waals surface area contributed by atoms with Crippen molar-refractivity contribution in [2.24, 2.45) is 0 Å². The van der Waals surface area contributed by atoms with Gasteiger partial charge in [0.05, 0.1) is 6.20 Å². The molecule has 1 heterocycles. The Morgan fingerprint density at radius 1 is 1.20 bits per heavy atom. The molecule has 1 aromatic carbocycles. The molecule has 0 radical (unpaired) electrons. The topological polar surface area (TPSA) is 49.8 Å². The van der Waals surface area contributed by atoms with Crippen LogP contribution in [0.1, 0.15) is 24.0 Å². The first-order valence-corrected chi connectivity index (χ1v) is 7.24. The first-order chi connectivity index (χ1) is 9.78. The number of nitrogens with zero attached hydrogens (tertiary/aromatic N) is 2. The SMILES string of the molecule is CNc1ncc(Cl)c(Nc2cccc3c2CCCC3)n1. The van der Waals surface area contributed by atoms with Gasteiger partial charge in [0.25, 0.3) is 0 Å². The molecule has 2 aromatic rings. The van der Waals surface area contributed by atoms with Crippen LogP contribution in [0.4, 0.5) is 17.5 Å². The summed E-state index contributed by atoms with van der Waals surface area (Å²) in [6.45, 7) is 0. The highest BCUT2D eigenvalue weighted by Gasteiger charge is 2.14. The Morgan fingerprint density at radius 3 is 2.90 bits per heavy atom. The summed E-state index contributed by atoms with van der Waals surface area (Å²) >= 11 is 6.17. The van der Waals surface area contributed by atoms with Gasteiger partial charge in [-0.15, -0.1) is 0 Å². The Balaban J connectivity index is 1.95. The molecule has 0 aliphatic heterocycles. The lowest BCUT2D eigenvalue weighted by Gasteiger charge is -2.20. The number of halogens is 1. The summed E-state index contributed by atoms with van der Waals surface area (Å²) in [6.07, 6.45) is 6.39. The molecule has 4 nitrogen and oxygen atoms in total. The highest BCUT2D eigenvalue weighted by molar-refractivity contribution is 6.32. The molecule has 0 atom stereocenters. The van der Waals surface area contributed by atoms with E-state index in [0.29, 0.717) is 16.8 Å². The van der Waals surface area contributed by atoms with E-state index in [1.165, 1.54) is 24.0 Å². The van der Waals surface area contributed by atoms with Crippen molar-refractivity contribution < 1.29 is 0 Å². The summed E-state index contributed by atoms with van der Waals surface area (Å²) in [5.74, 6) is 1.20. The van der Waals surface area contributed by atoms with Gasteiger partial charge in [-0.25, -0.2) is 4.98 Å². The van der Waals surface area contributed by atoms with E-state index in [0.717, 1.165) is 18.5 Å². The molecule has 0 saturated heterocycles. The van der Waals surface area contributed by atoms with Crippen molar-refractivity contribution in [3.8, 4) is 0 Å². The largest absolute Gasteiger partial charge is 0.357 e. The lowest BCUT2D eigenvalue weighted by molar-refractivity contribution is 0.687. The van der Waals surface area contributed by atoms with Crippen molar-refractivity contribution >= 4 is 29.1 Å². The predicted molar refractivity (Wildman–Crippen MR) is 83.0 cm³/mol. The summed E-state index contributed by atoms with van der Waals surface area (Å²) in [7, 11) is 1.79. The van der Waals surface area contributed by atoms with Crippen LogP contribution in [0.5, 0.6) is 0 Å². The third kappa shape index (κ3) is 2.56. The number of aromatic nitrogens is 2. The quantitative estimate of drug-likeness (QED) is 0.902. The number of rotatable bonds is 3. The molecular formula is C15H17ClN4. The molecule has 0 fully saturated rings. The molecule has 0 bridgehead atoms. The Hall–Kier alpha value is -1.81. The van der Waals surface area contributed by atoms with E-state index in [1.54, 1.807) is 13.2 Å². The maximum Gasteiger partial charge on any atom is 0.224 e. The van der Waals surface area contributed by atoms with Crippen LogP contribution in [0.15, 0.2) is 24.4 Å². The van der Waals surface area contributed by atoms with E-state index in [1.807, 2.05) is 0 Å². The van der Waals surface area contributed by atoms with Crippen molar-refractivity contribution in [3.05, 3.63) is 40.5 Å². The zero-order valence-corrected chi connectivity index (χ0v) is 12.2. The van der Waals surface area contributed by atoms with Gasteiger partial charge >= 0.3 is 0 Å². The molecule has 0 saturated carbocycles. The van der Waals surface area contributed by atoms with Crippen LogP contribution in [0.2, 0.25) is 5.02 Å². The number of hydrogen-bond acceptors (Lipinski definition) is 4. The molecule has 0 unspecified atom stereocenters. The molecule has 2 N–H and O–H groups in total. The summed E-state index contributed by atoms with van der Waals surface area (Å²) in [5.41, 5.74) is 3.92. The monoisotopic (exact) mass is 288 g/mol. The summed E-state index contributed by atoms with van der Waals surface area (Å²) in [4.78, 5) is 8.46. The number of benzene rings is 1. The summed E-state index contributed by atoms with van der Waals surface area (Å²) < 4.78 is 0. The van der Waals surface area contributed by atoms with Gasteiger partial charge in [-0.3, -0.25) is 0 Å². The van der Waals surface area contributed by atoms with Crippen molar-refractivity contribution in [2.75, 3.05) is 17.7 Å². The second-order valence-electron chi connectivity index (χ2n) is 4.92. The molecular weight excluding hydrogens is 272 g/mol. The van der Waals surface area contributed by atoms with Crippen molar-refractivity contribution in [2.45, 2.75) is 25.7 Å². The average Bonchev–Trinajstić information content (AvgIpc) is 2.50. The van der Waals surface area contributed by atoms with Crippen molar-refractivity contribution in [1.82, 2.24) is 9.97 Å². The van der Waals surface area contributed by atoms with E-state index >= 15 is 0 Å². The number of hydrogen-bond donors (Lipinski definition) is 2. The fourth-order valence-corrected chi connectivity index (χ4v) is 2.74. The maximum absolute atomic E-state index is 6.17. The first kappa shape index (κ1) is 13.2. The predicted octanol–water partition coefficient (Wildman–Crippen LogP) is 3.79. The van der Waals surface area contributed by atoms with Gasteiger partial charge in [-0.1, -0.05) is 23.7 Å². The summed E-state index contributed by atoms with van der Waals surface area (Å²) in [5, 5.41) is 6.80. The zero-order valence-electron chi connectivity index (χ0n) is 11.4. The second kappa shape index (κ2) is 5.67. The minimum atomic E-state index is 0.525. The average molecular weight is 289 g/mol. The fraction of sp³-hybridized carbons (Fsp3) is 0.333. The minimum Gasteiger partial charge on any atom is -0.357 e. The van der Waals surface area contributed by atoms with Crippen LogP contribution < -0.4 is 10.6 Å². The van der Waals surface area contributed by atoms with E-state index in [9.17, 15) is 0 Å². The summed E-state index contributed by atoms with van der Waals surface area (Å²) in [6, 6.07) is 6.38. The smallest absolute Gasteiger partial charge is 0.224 e. The Kier molecular flexibility index (Phi) is 3.74. The molecule has 0 spiro atoms. The highest BCUT2D eigenvalue weighted by atomic mass is 35.5. The Morgan fingerprint density at radius 2 is 2.05 bits per heavy atom. The molecule has 104 valence electrons. The molecule has 0 amide bonds. The highest BCUT2D eigenvalue weighted by Crippen LogP contribution is 2.31. The van der Waals surface area contributed by atoms with Crippen molar-refractivity contribution in [3.63, 3.8) is 0 Å². The first-order valence-electron chi connectivity index (χ1n) is 6.86. The lowest BCUT2D eigenvalue weighted by Crippen LogP contribution is -2.07. The van der Waals surface area contributed by atoms with E-state index in [-0.39, 0.29) is 0 Å². The van der Waals surface area contributed by atoms with Crippen LogP contribution >= 0.6 is 11.6 Å². The normalized spacial score (nSPS) is 13.7. The van der Waals surface area contributed by atoms with Gasteiger partial charge in [-0.05, 0) is 42.9 Å². The molecule has 3 rings (SSSR count). The molecule has 20 heavy (non-hydrogen) atoms. The Labute approximate surface area is 123 Å². The van der Waals surface area contributed by atoms with Crippen molar-refractivity contribution in [1.29, 1.82) is 0 Å². The standard InChI is InChI=1S/C15H17ClN4/c1-17-15-18-9-12(16)14(20-15)19-13-8-4-6-10-5-2-3-7-11(10)13/h4,6,8-9H,2-3,5,7H2,1H3,(H2,17,18,19,20). The number of anilines is 3. The minimum absolute atomic E-state index is 0.525.